The van der Waals surface area contributed by atoms with Gasteiger partial charge in [0, 0.05) is 6.54 Å². The Balaban J connectivity index is 2.64. The second kappa shape index (κ2) is 6.31. The summed E-state index contributed by atoms with van der Waals surface area (Å²) in [5.41, 5.74) is 1.10. The van der Waals surface area contributed by atoms with Gasteiger partial charge in [0.2, 0.25) is 5.91 Å². The smallest absolute Gasteiger partial charge is 0.227 e. The Morgan fingerprint density at radius 3 is 2.38 bits per heavy atom. The fourth-order valence-corrected chi connectivity index (χ4v) is 1.69. The Morgan fingerprint density at radius 2 is 1.88 bits per heavy atom. The van der Waals surface area contributed by atoms with Gasteiger partial charge in [-0.15, -0.1) is 0 Å². The van der Waals surface area contributed by atoms with Crippen LogP contribution in [0.15, 0.2) is 30.3 Å². The molecule has 1 aromatic carbocycles. The molecular formula is C14H21NO. The summed E-state index contributed by atoms with van der Waals surface area (Å²) in [6, 6.07) is 9.97. The molecule has 0 heterocycles. The van der Waals surface area contributed by atoms with Crippen LogP contribution in [0.5, 0.6) is 0 Å². The van der Waals surface area contributed by atoms with E-state index in [1.807, 2.05) is 37.3 Å². The van der Waals surface area contributed by atoms with Crippen LogP contribution in [0.4, 0.5) is 0 Å². The first kappa shape index (κ1) is 12.8. The van der Waals surface area contributed by atoms with Gasteiger partial charge in [0.05, 0.1) is 5.92 Å². The van der Waals surface area contributed by atoms with Gasteiger partial charge in [0.1, 0.15) is 0 Å². The van der Waals surface area contributed by atoms with Crippen molar-refractivity contribution in [2.45, 2.75) is 33.1 Å². The Kier molecular flexibility index (Phi) is 5.03. The van der Waals surface area contributed by atoms with Gasteiger partial charge in [0.15, 0.2) is 0 Å². The molecule has 0 aliphatic rings. The average molecular weight is 219 g/mol. The van der Waals surface area contributed by atoms with Gasteiger partial charge in [-0.3, -0.25) is 4.79 Å². The summed E-state index contributed by atoms with van der Waals surface area (Å²) < 4.78 is 0. The Bertz CT molecular complexity index is 319. The van der Waals surface area contributed by atoms with Crippen molar-refractivity contribution in [1.29, 1.82) is 0 Å². The summed E-state index contributed by atoms with van der Waals surface area (Å²) in [6.45, 7) is 7.00. The maximum Gasteiger partial charge on any atom is 0.227 e. The minimum atomic E-state index is -0.0139. The first-order valence-electron chi connectivity index (χ1n) is 5.97. The SMILES string of the molecule is CC[C@H](C(=O)NCC(C)C)c1ccccc1. The van der Waals surface area contributed by atoms with Crippen LogP contribution in [0.3, 0.4) is 0 Å². The number of hydrogen-bond donors (Lipinski definition) is 1. The molecule has 0 saturated heterocycles. The average Bonchev–Trinajstić information content (AvgIpc) is 2.29. The van der Waals surface area contributed by atoms with Crippen LogP contribution in [-0.2, 0) is 4.79 Å². The monoisotopic (exact) mass is 219 g/mol. The molecule has 2 nitrogen and oxygen atoms in total. The number of rotatable bonds is 5. The number of benzene rings is 1. The molecule has 0 aromatic heterocycles. The number of amides is 1. The highest BCUT2D eigenvalue weighted by Gasteiger charge is 2.17. The van der Waals surface area contributed by atoms with E-state index in [4.69, 9.17) is 0 Å². The zero-order valence-corrected chi connectivity index (χ0v) is 10.4. The van der Waals surface area contributed by atoms with E-state index >= 15 is 0 Å². The van der Waals surface area contributed by atoms with Crippen molar-refractivity contribution in [3.05, 3.63) is 35.9 Å². The van der Waals surface area contributed by atoms with Crippen LogP contribution >= 0.6 is 0 Å². The van der Waals surface area contributed by atoms with Gasteiger partial charge in [0.25, 0.3) is 0 Å². The zero-order valence-electron chi connectivity index (χ0n) is 10.4. The van der Waals surface area contributed by atoms with Crippen molar-refractivity contribution in [1.82, 2.24) is 5.32 Å². The van der Waals surface area contributed by atoms with Crippen LogP contribution in [-0.4, -0.2) is 12.5 Å². The van der Waals surface area contributed by atoms with E-state index < -0.39 is 0 Å². The van der Waals surface area contributed by atoms with Gasteiger partial charge < -0.3 is 5.32 Å². The van der Waals surface area contributed by atoms with E-state index in [1.54, 1.807) is 0 Å². The summed E-state index contributed by atoms with van der Waals surface area (Å²) in [5, 5.41) is 2.99. The van der Waals surface area contributed by atoms with E-state index in [-0.39, 0.29) is 11.8 Å². The molecule has 0 bridgehead atoms. The Morgan fingerprint density at radius 1 is 1.25 bits per heavy atom. The lowest BCUT2D eigenvalue weighted by molar-refractivity contribution is -0.122. The summed E-state index contributed by atoms with van der Waals surface area (Å²) >= 11 is 0. The normalized spacial score (nSPS) is 12.5. The molecule has 16 heavy (non-hydrogen) atoms. The van der Waals surface area contributed by atoms with Crippen molar-refractivity contribution >= 4 is 5.91 Å². The molecule has 0 radical (unpaired) electrons. The lowest BCUT2D eigenvalue weighted by Crippen LogP contribution is -2.31. The third-order valence-corrected chi connectivity index (χ3v) is 2.61. The predicted octanol–water partition coefficient (Wildman–Crippen LogP) is 2.95. The Labute approximate surface area is 98.1 Å². The van der Waals surface area contributed by atoms with Gasteiger partial charge in [-0.1, -0.05) is 51.1 Å². The van der Waals surface area contributed by atoms with Gasteiger partial charge >= 0.3 is 0 Å². The maximum atomic E-state index is 12.0. The van der Waals surface area contributed by atoms with E-state index in [1.165, 1.54) is 0 Å². The molecule has 88 valence electrons. The lowest BCUT2D eigenvalue weighted by Gasteiger charge is -2.16. The van der Waals surface area contributed by atoms with E-state index in [9.17, 15) is 4.79 Å². The zero-order chi connectivity index (χ0) is 12.0. The first-order chi connectivity index (χ1) is 7.65. The quantitative estimate of drug-likeness (QED) is 0.810. The molecule has 0 spiro atoms. The van der Waals surface area contributed by atoms with Crippen LogP contribution in [0.2, 0.25) is 0 Å². The van der Waals surface area contributed by atoms with Crippen LogP contribution in [0.25, 0.3) is 0 Å². The minimum Gasteiger partial charge on any atom is -0.355 e. The molecule has 0 saturated carbocycles. The third kappa shape index (κ3) is 3.69. The van der Waals surface area contributed by atoms with E-state index in [2.05, 4.69) is 19.2 Å². The summed E-state index contributed by atoms with van der Waals surface area (Å²) in [5.74, 6) is 0.625. The molecule has 1 atom stereocenters. The largest absolute Gasteiger partial charge is 0.355 e. The molecule has 2 heteroatoms. The summed E-state index contributed by atoms with van der Waals surface area (Å²) in [6.07, 6.45) is 0.841. The van der Waals surface area contributed by atoms with Crippen molar-refractivity contribution in [3.8, 4) is 0 Å². The van der Waals surface area contributed by atoms with E-state index in [0.29, 0.717) is 5.92 Å². The number of carbonyl (C=O) groups is 1. The maximum absolute atomic E-state index is 12.0. The molecule has 1 N–H and O–H groups in total. The van der Waals surface area contributed by atoms with Crippen LogP contribution in [0, 0.1) is 5.92 Å². The fraction of sp³-hybridized carbons (Fsp3) is 0.500. The van der Waals surface area contributed by atoms with Crippen molar-refractivity contribution in [2.75, 3.05) is 6.54 Å². The third-order valence-electron chi connectivity index (χ3n) is 2.61. The van der Waals surface area contributed by atoms with Crippen molar-refractivity contribution < 1.29 is 4.79 Å². The molecule has 1 amide bonds. The first-order valence-corrected chi connectivity index (χ1v) is 5.97. The standard InChI is InChI=1S/C14H21NO/c1-4-13(12-8-6-5-7-9-12)14(16)15-10-11(2)3/h5-9,11,13H,4,10H2,1-3H3,(H,15,16)/t13-/m0/s1. The van der Waals surface area contributed by atoms with Gasteiger partial charge in [-0.05, 0) is 17.9 Å². The molecular weight excluding hydrogens is 198 g/mol. The number of carbonyl (C=O) groups excluding carboxylic acids is 1. The molecule has 0 fully saturated rings. The highest BCUT2D eigenvalue weighted by atomic mass is 16.1. The lowest BCUT2D eigenvalue weighted by atomic mass is 9.95. The molecule has 1 rings (SSSR count). The summed E-state index contributed by atoms with van der Waals surface area (Å²) in [7, 11) is 0. The van der Waals surface area contributed by atoms with E-state index in [0.717, 1.165) is 18.5 Å². The summed E-state index contributed by atoms with van der Waals surface area (Å²) in [4.78, 5) is 12.0. The highest BCUT2D eigenvalue weighted by Crippen LogP contribution is 2.19. The van der Waals surface area contributed by atoms with Crippen molar-refractivity contribution in [3.63, 3.8) is 0 Å². The minimum absolute atomic E-state index is 0.0139. The number of nitrogens with one attached hydrogen (secondary N) is 1. The van der Waals surface area contributed by atoms with Crippen molar-refractivity contribution in [2.24, 2.45) is 5.92 Å². The van der Waals surface area contributed by atoms with Crippen LogP contribution in [0.1, 0.15) is 38.7 Å². The number of hydrogen-bond acceptors (Lipinski definition) is 1. The Hall–Kier alpha value is -1.31. The fourth-order valence-electron chi connectivity index (χ4n) is 1.69. The second-order valence-electron chi connectivity index (χ2n) is 4.51. The van der Waals surface area contributed by atoms with Gasteiger partial charge in [-0.25, -0.2) is 0 Å². The predicted molar refractivity (Wildman–Crippen MR) is 67.3 cm³/mol. The molecule has 1 aromatic rings. The topological polar surface area (TPSA) is 29.1 Å². The molecule has 0 unspecified atom stereocenters. The molecule has 0 aliphatic heterocycles. The van der Waals surface area contributed by atoms with Crippen LogP contribution < -0.4 is 5.32 Å². The molecule has 0 aliphatic carbocycles. The highest BCUT2D eigenvalue weighted by molar-refractivity contribution is 5.83. The second-order valence-corrected chi connectivity index (χ2v) is 4.51. The van der Waals surface area contributed by atoms with Gasteiger partial charge in [-0.2, -0.15) is 0 Å².